The minimum absolute atomic E-state index is 0.00972. The molecule has 0 saturated carbocycles. The van der Waals surface area contributed by atoms with E-state index >= 15 is 0 Å². The largest absolute Gasteiger partial charge is 0.508 e. The van der Waals surface area contributed by atoms with Gasteiger partial charge in [0.2, 0.25) is 5.91 Å². The van der Waals surface area contributed by atoms with Crippen LogP contribution in [0.2, 0.25) is 0 Å². The summed E-state index contributed by atoms with van der Waals surface area (Å²) in [4.78, 5) is 30.8. The second-order valence-electron chi connectivity index (χ2n) is 4.43. The summed E-state index contributed by atoms with van der Waals surface area (Å²) in [6, 6.07) is 7.50. The van der Waals surface area contributed by atoms with E-state index in [0.717, 1.165) is 5.56 Å². The Morgan fingerprint density at radius 2 is 2.00 bits per heavy atom. The van der Waals surface area contributed by atoms with Gasteiger partial charge in [0.15, 0.2) is 5.78 Å². The fourth-order valence-electron chi connectivity index (χ4n) is 1.84. The number of carbonyl (C=O) groups is 1. The fourth-order valence-corrected chi connectivity index (χ4v) is 3.41. The number of carbonyl (C=O) groups excluding carboxylic acids is 1. The van der Waals surface area contributed by atoms with Gasteiger partial charge in [-0.1, -0.05) is 18.2 Å². The molecule has 0 aliphatic heterocycles. The zero-order chi connectivity index (χ0) is 15.5. The van der Waals surface area contributed by atoms with E-state index in [0.29, 0.717) is 0 Å². The molecule has 1 heterocycles. The SMILES string of the molecule is O=C(Cc1ccsc1)N[C@@H](c1ccccc1O)P(=O)(O)O. The van der Waals surface area contributed by atoms with Crippen molar-refractivity contribution in [2.24, 2.45) is 0 Å². The van der Waals surface area contributed by atoms with Gasteiger partial charge in [0.25, 0.3) is 0 Å². The first-order valence-corrected chi connectivity index (χ1v) is 8.64. The van der Waals surface area contributed by atoms with Crippen LogP contribution in [0.4, 0.5) is 0 Å². The van der Waals surface area contributed by atoms with E-state index in [2.05, 4.69) is 5.32 Å². The number of aromatic hydroxyl groups is 1. The van der Waals surface area contributed by atoms with Crippen LogP contribution in [0.3, 0.4) is 0 Å². The maximum absolute atomic E-state index is 11.9. The molecule has 4 N–H and O–H groups in total. The molecule has 21 heavy (non-hydrogen) atoms. The Labute approximate surface area is 125 Å². The quantitative estimate of drug-likeness (QED) is 0.628. The van der Waals surface area contributed by atoms with Crippen molar-refractivity contribution in [3.63, 3.8) is 0 Å². The number of thiophene rings is 1. The van der Waals surface area contributed by atoms with Gasteiger partial charge >= 0.3 is 7.60 Å². The highest BCUT2D eigenvalue weighted by atomic mass is 32.1. The Morgan fingerprint density at radius 1 is 1.29 bits per heavy atom. The summed E-state index contributed by atoms with van der Waals surface area (Å²) in [6.07, 6.45) is 0.0214. The van der Waals surface area contributed by atoms with Crippen LogP contribution in [0.5, 0.6) is 5.75 Å². The van der Waals surface area contributed by atoms with Crippen LogP contribution in [-0.2, 0) is 15.8 Å². The molecular weight excluding hydrogens is 313 g/mol. The number of para-hydroxylation sites is 1. The Kier molecular flexibility index (Phi) is 4.80. The average Bonchev–Trinajstić information content (AvgIpc) is 2.88. The molecule has 0 spiro atoms. The lowest BCUT2D eigenvalue weighted by Gasteiger charge is -2.21. The molecule has 8 heteroatoms. The van der Waals surface area contributed by atoms with Crippen LogP contribution >= 0.6 is 18.9 Å². The molecule has 0 bridgehead atoms. The molecule has 2 aromatic rings. The molecule has 0 radical (unpaired) electrons. The molecule has 112 valence electrons. The smallest absolute Gasteiger partial charge is 0.352 e. The van der Waals surface area contributed by atoms with Gasteiger partial charge in [0.05, 0.1) is 6.42 Å². The molecule has 1 aromatic carbocycles. The Morgan fingerprint density at radius 3 is 2.57 bits per heavy atom. The first kappa shape index (κ1) is 15.7. The number of rotatable bonds is 5. The molecule has 0 aliphatic carbocycles. The molecule has 2 rings (SSSR count). The first-order valence-electron chi connectivity index (χ1n) is 6.01. The van der Waals surface area contributed by atoms with Crippen molar-refractivity contribution in [2.75, 3.05) is 0 Å². The second-order valence-corrected chi connectivity index (χ2v) is 6.90. The van der Waals surface area contributed by atoms with Crippen LogP contribution in [0.1, 0.15) is 16.9 Å². The summed E-state index contributed by atoms with van der Waals surface area (Å²) in [6.45, 7) is 0. The molecule has 0 aliphatic rings. The van der Waals surface area contributed by atoms with Gasteiger partial charge in [-0.25, -0.2) is 0 Å². The van der Waals surface area contributed by atoms with Crippen LogP contribution in [0, 0.1) is 0 Å². The van der Waals surface area contributed by atoms with Gasteiger partial charge in [-0.05, 0) is 28.5 Å². The van der Waals surface area contributed by atoms with Crippen molar-refractivity contribution in [1.29, 1.82) is 0 Å². The highest BCUT2D eigenvalue weighted by molar-refractivity contribution is 7.52. The minimum atomic E-state index is -4.66. The van der Waals surface area contributed by atoms with Crippen LogP contribution < -0.4 is 5.32 Å². The molecule has 1 aromatic heterocycles. The number of phenols is 1. The lowest BCUT2D eigenvalue weighted by molar-refractivity contribution is -0.120. The number of phenolic OH excluding ortho intramolecular Hbond substituents is 1. The van der Waals surface area contributed by atoms with Gasteiger partial charge < -0.3 is 20.2 Å². The number of hydrogen-bond donors (Lipinski definition) is 4. The second kappa shape index (κ2) is 6.41. The molecule has 0 fully saturated rings. The lowest BCUT2D eigenvalue weighted by Crippen LogP contribution is -2.29. The third kappa shape index (κ3) is 4.15. The van der Waals surface area contributed by atoms with Crippen LogP contribution in [0.25, 0.3) is 0 Å². The Bertz CT molecular complexity index is 667. The lowest BCUT2D eigenvalue weighted by atomic mass is 10.2. The number of hydrogen-bond acceptors (Lipinski definition) is 4. The van der Waals surface area contributed by atoms with E-state index in [1.807, 2.05) is 5.38 Å². The van der Waals surface area contributed by atoms with Crippen molar-refractivity contribution in [1.82, 2.24) is 5.32 Å². The zero-order valence-corrected chi connectivity index (χ0v) is 12.6. The van der Waals surface area contributed by atoms with Crippen molar-refractivity contribution >= 4 is 24.8 Å². The summed E-state index contributed by atoms with van der Waals surface area (Å²) in [5, 5.41) is 15.6. The van der Waals surface area contributed by atoms with Gasteiger partial charge in [-0.3, -0.25) is 9.36 Å². The fraction of sp³-hybridized carbons (Fsp3) is 0.154. The van der Waals surface area contributed by atoms with E-state index in [9.17, 15) is 24.3 Å². The first-order chi connectivity index (χ1) is 9.88. The van der Waals surface area contributed by atoms with E-state index in [1.165, 1.54) is 35.6 Å². The van der Waals surface area contributed by atoms with Crippen molar-refractivity contribution < 1.29 is 24.3 Å². The summed E-state index contributed by atoms with van der Waals surface area (Å²) in [7, 11) is -4.66. The Hall–Kier alpha value is -1.66. The van der Waals surface area contributed by atoms with Crippen LogP contribution in [0.15, 0.2) is 41.1 Å². The predicted molar refractivity (Wildman–Crippen MR) is 79.1 cm³/mol. The van der Waals surface area contributed by atoms with Gasteiger partial charge in [-0.2, -0.15) is 11.3 Å². The maximum Gasteiger partial charge on any atom is 0.352 e. The molecular formula is C13H14NO5PS. The molecule has 1 amide bonds. The van der Waals surface area contributed by atoms with Crippen molar-refractivity contribution in [3.05, 3.63) is 52.2 Å². The van der Waals surface area contributed by atoms with E-state index < -0.39 is 19.3 Å². The standard InChI is InChI=1S/C13H14NO5PS/c15-11-4-2-1-3-10(11)13(20(17,18)19)14-12(16)7-9-5-6-21-8-9/h1-6,8,13,15H,7H2,(H,14,16)(H2,17,18,19)/t13-/m1/s1. The third-order valence-corrected chi connectivity index (χ3v) is 4.62. The Balaban J connectivity index is 2.20. The van der Waals surface area contributed by atoms with Crippen LogP contribution in [-0.4, -0.2) is 20.8 Å². The zero-order valence-electron chi connectivity index (χ0n) is 10.8. The van der Waals surface area contributed by atoms with E-state index in [1.54, 1.807) is 11.4 Å². The number of benzene rings is 1. The average molecular weight is 327 g/mol. The summed E-state index contributed by atoms with van der Waals surface area (Å²) in [5.41, 5.74) is 0.753. The summed E-state index contributed by atoms with van der Waals surface area (Å²) in [5.74, 6) is -2.36. The number of amides is 1. The highest BCUT2D eigenvalue weighted by Crippen LogP contribution is 2.51. The normalized spacial score (nSPS) is 12.9. The molecule has 6 nitrogen and oxygen atoms in total. The topological polar surface area (TPSA) is 107 Å². The minimum Gasteiger partial charge on any atom is -0.508 e. The van der Waals surface area contributed by atoms with Crippen molar-refractivity contribution in [2.45, 2.75) is 12.2 Å². The monoisotopic (exact) mass is 327 g/mol. The van der Waals surface area contributed by atoms with E-state index in [4.69, 9.17) is 0 Å². The van der Waals surface area contributed by atoms with E-state index in [-0.39, 0.29) is 17.7 Å². The van der Waals surface area contributed by atoms with Gasteiger partial charge in [0, 0.05) is 5.56 Å². The summed E-state index contributed by atoms with van der Waals surface area (Å²) >= 11 is 1.43. The molecule has 0 saturated heterocycles. The predicted octanol–water partition coefficient (Wildman–Crippen LogP) is 1.99. The molecule has 1 atom stereocenters. The number of nitrogens with one attached hydrogen (secondary N) is 1. The van der Waals surface area contributed by atoms with Crippen molar-refractivity contribution in [3.8, 4) is 5.75 Å². The molecule has 0 unspecified atom stereocenters. The van der Waals surface area contributed by atoms with Gasteiger partial charge in [0.1, 0.15) is 5.75 Å². The highest BCUT2D eigenvalue weighted by Gasteiger charge is 2.33. The maximum atomic E-state index is 11.9. The summed E-state index contributed by atoms with van der Waals surface area (Å²) < 4.78 is 11.6. The van der Waals surface area contributed by atoms with Gasteiger partial charge in [-0.15, -0.1) is 0 Å². The third-order valence-electron chi connectivity index (χ3n) is 2.81.